The first-order valence-corrected chi connectivity index (χ1v) is 10.2. The van der Waals surface area contributed by atoms with Crippen LogP contribution in [0.15, 0.2) is 59.5 Å². The molecule has 0 amide bonds. The highest BCUT2D eigenvalue weighted by Gasteiger charge is 2.20. The summed E-state index contributed by atoms with van der Waals surface area (Å²) in [6.45, 7) is 6.31. The number of hydrogen-bond acceptors (Lipinski definition) is 2. The lowest BCUT2D eigenvalue weighted by Crippen LogP contribution is -1.99. The summed E-state index contributed by atoms with van der Waals surface area (Å²) in [5, 5.41) is 0. The Labute approximate surface area is 158 Å². The topological polar surface area (TPSA) is 26.3 Å². The third-order valence-electron chi connectivity index (χ3n) is 4.72. The standard InChI is InChI=1S/C23H24O2S/c1-15-10-11-16(2)19(14-15)23-20(25-4)13-12-17(3)22(23)18-8-6-7-9-21(18)26(5)24/h6-14H,1-5H3/t26-/m0/s1. The Morgan fingerprint density at radius 2 is 1.50 bits per heavy atom. The number of ether oxygens (including phenoxy) is 1. The minimum Gasteiger partial charge on any atom is -0.496 e. The number of aryl methyl sites for hydroxylation is 3. The van der Waals surface area contributed by atoms with Gasteiger partial charge >= 0.3 is 0 Å². The van der Waals surface area contributed by atoms with Crippen molar-refractivity contribution in [3.8, 4) is 28.0 Å². The zero-order valence-electron chi connectivity index (χ0n) is 15.9. The van der Waals surface area contributed by atoms with E-state index < -0.39 is 10.8 Å². The molecule has 0 heterocycles. The molecule has 0 aliphatic rings. The van der Waals surface area contributed by atoms with E-state index in [9.17, 15) is 4.21 Å². The van der Waals surface area contributed by atoms with E-state index in [1.807, 2.05) is 30.3 Å². The molecule has 26 heavy (non-hydrogen) atoms. The fraction of sp³-hybridized carbons (Fsp3) is 0.217. The zero-order chi connectivity index (χ0) is 18.8. The maximum atomic E-state index is 12.4. The van der Waals surface area contributed by atoms with Crippen LogP contribution in [0.25, 0.3) is 22.3 Å². The van der Waals surface area contributed by atoms with Crippen LogP contribution in [0.5, 0.6) is 5.75 Å². The molecule has 0 spiro atoms. The molecular weight excluding hydrogens is 340 g/mol. The minimum atomic E-state index is -1.07. The van der Waals surface area contributed by atoms with Crippen LogP contribution in [0.2, 0.25) is 0 Å². The summed E-state index contributed by atoms with van der Waals surface area (Å²) in [6, 6.07) is 18.5. The normalized spacial score (nSPS) is 12.0. The molecule has 3 aromatic carbocycles. The Morgan fingerprint density at radius 3 is 2.19 bits per heavy atom. The lowest BCUT2D eigenvalue weighted by molar-refractivity contribution is 0.416. The molecule has 0 unspecified atom stereocenters. The van der Waals surface area contributed by atoms with Gasteiger partial charge in [0.2, 0.25) is 0 Å². The van der Waals surface area contributed by atoms with Crippen molar-refractivity contribution >= 4 is 10.8 Å². The van der Waals surface area contributed by atoms with E-state index in [2.05, 4.69) is 45.0 Å². The first-order valence-electron chi connectivity index (χ1n) is 8.62. The van der Waals surface area contributed by atoms with Crippen molar-refractivity contribution in [2.75, 3.05) is 13.4 Å². The first kappa shape index (κ1) is 18.4. The van der Waals surface area contributed by atoms with Crippen LogP contribution in [0, 0.1) is 20.8 Å². The van der Waals surface area contributed by atoms with E-state index in [0.29, 0.717) is 0 Å². The third-order valence-corrected chi connectivity index (χ3v) is 5.70. The minimum absolute atomic E-state index is 0.830. The molecule has 134 valence electrons. The molecule has 3 rings (SSSR count). The maximum absolute atomic E-state index is 12.4. The second-order valence-electron chi connectivity index (χ2n) is 6.60. The lowest BCUT2D eigenvalue weighted by Gasteiger charge is -2.20. The van der Waals surface area contributed by atoms with Gasteiger partial charge in [0.05, 0.1) is 17.9 Å². The van der Waals surface area contributed by atoms with Gasteiger partial charge in [-0.1, -0.05) is 48.0 Å². The Hall–Kier alpha value is -2.39. The fourth-order valence-electron chi connectivity index (χ4n) is 3.40. The SMILES string of the molecule is COc1ccc(C)c(-c2ccccc2[S@](C)=O)c1-c1cc(C)ccc1C. The van der Waals surface area contributed by atoms with Crippen LogP contribution in [0.4, 0.5) is 0 Å². The summed E-state index contributed by atoms with van der Waals surface area (Å²) < 4.78 is 18.1. The molecular formula is C23H24O2S. The molecule has 2 nitrogen and oxygen atoms in total. The van der Waals surface area contributed by atoms with Gasteiger partial charge in [0, 0.05) is 16.7 Å². The summed E-state index contributed by atoms with van der Waals surface area (Å²) in [7, 11) is 0.628. The molecule has 1 atom stereocenters. The molecule has 0 saturated heterocycles. The Kier molecular flexibility index (Phi) is 5.28. The van der Waals surface area contributed by atoms with Crippen LogP contribution >= 0.6 is 0 Å². The van der Waals surface area contributed by atoms with Gasteiger partial charge in [-0.25, -0.2) is 0 Å². The predicted octanol–water partition coefficient (Wildman–Crippen LogP) is 5.69. The lowest BCUT2D eigenvalue weighted by atomic mass is 9.87. The van der Waals surface area contributed by atoms with E-state index in [-0.39, 0.29) is 0 Å². The summed E-state index contributed by atoms with van der Waals surface area (Å²) in [4.78, 5) is 0.843. The monoisotopic (exact) mass is 364 g/mol. The Bertz CT molecular complexity index is 989. The molecule has 0 bridgehead atoms. The molecule has 0 radical (unpaired) electrons. The van der Waals surface area contributed by atoms with Crippen molar-refractivity contribution in [1.82, 2.24) is 0 Å². The average Bonchev–Trinajstić information content (AvgIpc) is 2.63. The number of rotatable bonds is 4. The van der Waals surface area contributed by atoms with Crippen molar-refractivity contribution in [1.29, 1.82) is 0 Å². The Balaban J connectivity index is 2.45. The largest absolute Gasteiger partial charge is 0.496 e. The molecule has 0 aliphatic heterocycles. The summed E-state index contributed by atoms with van der Waals surface area (Å²) in [6.07, 6.45) is 1.73. The van der Waals surface area contributed by atoms with Crippen molar-refractivity contribution in [2.24, 2.45) is 0 Å². The molecule has 0 aromatic heterocycles. The highest BCUT2D eigenvalue weighted by Crippen LogP contribution is 2.44. The van der Waals surface area contributed by atoms with Crippen molar-refractivity contribution < 1.29 is 8.95 Å². The third kappa shape index (κ3) is 3.32. The number of benzene rings is 3. The van der Waals surface area contributed by atoms with Gasteiger partial charge in [-0.15, -0.1) is 0 Å². The molecule has 0 saturated carbocycles. The van der Waals surface area contributed by atoms with Gasteiger partial charge in [-0.05, 0) is 60.7 Å². The highest BCUT2D eigenvalue weighted by molar-refractivity contribution is 7.84. The predicted molar refractivity (Wildman–Crippen MR) is 110 cm³/mol. The van der Waals surface area contributed by atoms with Gasteiger partial charge in [-0.3, -0.25) is 4.21 Å². The van der Waals surface area contributed by atoms with E-state index in [4.69, 9.17) is 4.74 Å². The summed E-state index contributed by atoms with van der Waals surface area (Å²) >= 11 is 0. The van der Waals surface area contributed by atoms with Crippen LogP contribution < -0.4 is 4.74 Å². The molecule has 0 fully saturated rings. The van der Waals surface area contributed by atoms with Gasteiger partial charge in [0.1, 0.15) is 5.75 Å². The van der Waals surface area contributed by atoms with E-state index in [0.717, 1.165) is 38.5 Å². The second-order valence-corrected chi connectivity index (χ2v) is 7.95. The van der Waals surface area contributed by atoms with Crippen molar-refractivity contribution in [3.63, 3.8) is 0 Å². The molecule has 3 aromatic rings. The fourth-order valence-corrected chi connectivity index (χ4v) is 4.15. The second kappa shape index (κ2) is 7.46. The van der Waals surface area contributed by atoms with Crippen LogP contribution in [0.3, 0.4) is 0 Å². The van der Waals surface area contributed by atoms with Crippen molar-refractivity contribution in [3.05, 3.63) is 71.3 Å². The van der Waals surface area contributed by atoms with Crippen LogP contribution in [0.1, 0.15) is 16.7 Å². The summed E-state index contributed by atoms with van der Waals surface area (Å²) in [5.74, 6) is 0.830. The van der Waals surface area contributed by atoms with Gasteiger partial charge in [0.25, 0.3) is 0 Å². The van der Waals surface area contributed by atoms with Gasteiger partial charge < -0.3 is 4.74 Å². The average molecular weight is 365 g/mol. The smallest absolute Gasteiger partial charge is 0.127 e. The van der Waals surface area contributed by atoms with E-state index in [1.165, 1.54) is 11.1 Å². The highest BCUT2D eigenvalue weighted by atomic mass is 32.2. The number of hydrogen-bond donors (Lipinski definition) is 0. The summed E-state index contributed by atoms with van der Waals surface area (Å²) in [5.41, 5.74) is 7.83. The number of methoxy groups -OCH3 is 1. The first-order chi connectivity index (χ1) is 12.4. The van der Waals surface area contributed by atoms with Crippen LogP contribution in [-0.2, 0) is 10.8 Å². The van der Waals surface area contributed by atoms with Crippen molar-refractivity contribution in [2.45, 2.75) is 25.7 Å². The van der Waals surface area contributed by atoms with E-state index >= 15 is 0 Å². The van der Waals surface area contributed by atoms with E-state index in [1.54, 1.807) is 13.4 Å². The van der Waals surface area contributed by atoms with Gasteiger partial charge in [-0.2, -0.15) is 0 Å². The van der Waals surface area contributed by atoms with Crippen LogP contribution in [-0.4, -0.2) is 17.6 Å². The quantitative estimate of drug-likeness (QED) is 0.594. The molecule has 0 N–H and O–H groups in total. The molecule has 3 heteroatoms. The Morgan fingerprint density at radius 1 is 0.808 bits per heavy atom. The molecule has 0 aliphatic carbocycles. The maximum Gasteiger partial charge on any atom is 0.127 e. The van der Waals surface area contributed by atoms with Gasteiger partial charge in [0.15, 0.2) is 0 Å². The zero-order valence-corrected chi connectivity index (χ0v) is 16.7.